The number of hydrogen-bond donors (Lipinski definition) is 1. The van der Waals surface area contributed by atoms with Gasteiger partial charge in [0.15, 0.2) is 16.6 Å². The van der Waals surface area contributed by atoms with E-state index in [2.05, 4.69) is 79.6 Å². The molecular weight excluding hydrogens is 404 g/mol. The average Bonchev–Trinajstić information content (AvgIpc) is 2.60. The second-order valence-electron chi connectivity index (χ2n) is 11.1. The molecule has 0 amide bonds. The van der Waals surface area contributed by atoms with E-state index < -0.39 is 16.6 Å². The van der Waals surface area contributed by atoms with Crippen molar-refractivity contribution in [2.45, 2.75) is 129 Å². The molecule has 0 spiro atoms. The van der Waals surface area contributed by atoms with Crippen molar-refractivity contribution < 1.29 is 14.0 Å². The Kier molecular flexibility index (Phi) is 14.5. The van der Waals surface area contributed by atoms with Gasteiger partial charge in [-0.05, 0) is 55.5 Å². The highest BCUT2D eigenvalue weighted by atomic mass is 28.4. The maximum absolute atomic E-state index is 8.89. The summed E-state index contributed by atoms with van der Waals surface area (Å²) in [4.78, 5) is 0. The summed E-state index contributed by atoms with van der Waals surface area (Å²) in [6, 6.07) is 0. The van der Waals surface area contributed by atoms with Crippen LogP contribution in [0.4, 0.5) is 0 Å². The zero-order valence-electron chi connectivity index (χ0n) is 21.8. The summed E-state index contributed by atoms with van der Waals surface area (Å²) in [7, 11) is -3.54. The predicted molar refractivity (Wildman–Crippen MR) is 138 cm³/mol. The molecule has 0 aromatic rings. The van der Waals surface area contributed by atoms with Crippen LogP contribution in [-0.4, -0.2) is 40.6 Å². The van der Waals surface area contributed by atoms with Crippen molar-refractivity contribution in [1.29, 1.82) is 0 Å². The zero-order valence-corrected chi connectivity index (χ0v) is 23.8. The van der Waals surface area contributed by atoms with E-state index in [1.165, 1.54) is 0 Å². The minimum atomic E-state index is -1.79. The van der Waals surface area contributed by atoms with Crippen LogP contribution in [0, 0.1) is 24.7 Å². The molecule has 0 aromatic heterocycles. The Bertz CT molecular complexity index is 543. The highest BCUT2D eigenvalue weighted by molar-refractivity contribution is 6.74. The van der Waals surface area contributed by atoms with Gasteiger partial charge >= 0.3 is 0 Å². The summed E-state index contributed by atoms with van der Waals surface area (Å²) in [5.41, 5.74) is 0. The molecule has 0 rings (SSSR count). The maximum Gasteiger partial charge on any atom is 0.192 e. The third kappa shape index (κ3) is 13.0. The fourth-order valence-corrected chi connectivity index (χ4v) is 4.39. The van der Waals surface area contributed by atoms with Gasteiger partial charge in [0.05, 0.1) is 18.8 Å². The largest absolute Gasteiger partial charge is 0.414 e. The van der Waals surface area contributed by atoms with Crippen molar-refractivity contribution in [2.75, 3.05) is 6.61 Å². The molecule has 0 aromatic carbocycles. The van der Waals surface area contributed by atoms with Gasteiger partial charge in [0.2, 0.25) is 0 Å². The molecular formula is C25H50O3Si2. The molecule has 0 unspecified atom stereocenters. The summed E-state index contributed by atoms with van der Waals surface area (Å²) in [5, 5.41) is 9.32. The van der Waals surface area contributed by atoms with Crippen molar-refractivity contribution in [3.63, 3.8) is 0 Å². The van der Waals surface area contributed by atoms with E-state index in [4.69, 9.17) is 26.8 Å². The van der Waals surface area contributed by atoms with E-state index >= 15 is 0 Å². The van der Waals surface area contributed by atoms with Gasteiger partial charge in [0.1, 0.15) is 0 Å². The lowest BCUT2D eigenvalue weighted by molar-refractivity contribution is 0.102. The molecule has 0 aliphatic carbocycles. The van der Waals surface area contributed by atoms with Crippen LogP contribution in [0.5, 0.6) is 0 Å². The number of aliphatic hydroxyl groups is 1. The first kappa shape index (κ1) is 31.6. The molecule has 0 fully saturated rings. The van der Waals surface area contributed by atoms with Gasteiger partial charge in [0, 0.05) is 12.8 Å². The minimum Gasteiger partial charge on any atom is -0.414 e. The van der Waals surface area contributed by atoms with E-state index in [0.29, 0.717) is 13.0 Å². The highest BCUT2D eigenvalue weighted by Gasteiger charge is 2.41. The monoisotopic (exact) mass is 454 g/mol. The van der Waals surface area contributed by atoms with E-state index in [0.717, 1.165) is 25.7 Å². The SMILES string of the molecule is C#CCC[C@@H](O)CC.C#CCC[C@H](CO[Si](C)(C)C(C)(C)C)O[Si](C)(C)C(C)(C)C. The second-order valence-corrected chi connectivity index (χ2v) is 20.7. The molecule has 30 heavy (non-hydrogen) atoms. The lowest BCUT2D eigenvalue weighted by atomic mass is 10.2. The van der Waals surface area contributed by atoms with Gasteiger partial charge < -0.3 is 14.0 Å². The Labute approximate surface area is 191 Å². The summed E-state index contributed by atoms with van der Waals surface area (Å²) >= 11 is 0. The molecule has 176 valence electrons. The van der Waals surface area contributed by atoms with E-state index in [9.17, 15) is 0 Å². The van der Waals surface area contributed by atoms with Gasteiger partial charge in [-0.1, -0.05) is 48.5 Å². The van der Waals surface area contributed by atoms with Crippen LogP contribution in [-0.2, 0) is 8.85 Å². The summed E-state index contributed by atoms with van der Waals surface area (Å²) < 4.78 is 12.9. The Morgan fingerprint density at radius 3 is 1.63 bits per heavy atom. The summed E-state index contributed by atoms with van der Waals surface area (Å²) in [6.07, 6.45) is 14.2. The molecule has 1 N–H and O–H groups in total. The van der Waals surface area contributed by atoms with E-state index in [1.807, 2.05) is 6.92 Å². The maximum atomic E-state index is 8.89. The number of terminal acetylenes is 2. The van der Waals surface area contributed by atoms with Crippen LogP contribution in [0.15, 0.2) is 0 Å². The molecule has 2 atom stereocenters. The van der Waals surface area contributed by atoms with Crippen molar-refractivity contribution in [3.05, 3.63) is 0 Å². The van der Waals surface area contributed by atoms with E-state index in [-0.39, 0.29) is 22.3 Å². The highest BCUT2D eigenvalue weighted by Crippen LogP contribution is 2.39. The Morgan fingerprint density at radius 1 is 0.833 bits per heavy atom. The van der Waals surface area contributed by atoms with Crippen LogP contribution >= 0.6 is 0 Å². The molecule has 5 heteroatoms. The van der Waals surface area contributed by atoms with Crippen LogP contribution in [0.25, 0.3) is 0 Å². The normalized spacial score (nSPS) is 14.7. The average molecular weight is 455 g/mol. The van der Waals surface area contributed by atoms with Crippen LogP contribution in [0.3, 0.4) is 0 Å². The fraction of sp³-hybridized carbons (Fsp3) is 0.840. The molecule has 0 radical (unpaired) electrons. The van der Waals surface area contributed by atoms with Gasteiger partial charge in [-0.3, -0.25) is 0 Å². The molecule has 0 aliphatic heterocycles. The molecule has 0 heterocycles. The predicted octanol–water partition coefficient (Wildman–Crippen LogP) is 6.98. The number of rotatable bonds is 10. The van der Waals surface area contributed by atoms with Crippen molar-refractivity contribution >= 4 is 16.6 Å². The molecule has 0 saturated carbocycles. The van der Waals surface area contributed by atoms with Gasteiger partial charge in [-0.25, -0.2) is 0 Å². The lowest BCUT2D eigenvalue weighted by Crippen LogP contribution is -2.47. The minimum absolute atomic E-state index is 0.117. The van der Waals surface area contributed by atoms with Gasteiger partial charge in [-0.2, -0.15) is 0 Å². The fourth-order valence-electron chi connectivity index (χ4n) is 1.99. The smallest absolute Gasteiger partial charge is 0.192 e. The first-order valence-corrected chi connectivity index (χ1v) is 17.1. The number of hydrogen-bond acceptors (Lipinski definition) is 3. The van der Waals surface area contributed by atoms with Gasteiger partial charge in [0.25, 0.3) is 0 Å². The molecule has 0 saturated heterocycles. The second kappa shape index (κ2) is 13.8. The summed E-state index contributed by atoms with van der Waals surface area (Å²) in [6.45, 7) is 25.4. The van der Waals surface area contributed by atoms with Crippen LogP contribution < -0.4 is 0 Å². The quantitative estimate of drug-likeness (QED) is 0.286. The topological polar surface area (TPSA) is 38.7 Å². The molecule has 3 nitrogen and oxygen atoms in total. The Morgan fingerprint density at radius 2 is 1.27 bits per heavy atom. The third-order valence-corrected chi connectivity index (χ3v) is 15.4. The third-order valence-electron chi connectivity index (χ3n) is 6.41. The summed E-state index contributed by atoms with van der Waals surface area (Å²) in [5.74, 6) is 5.21. The van der Waals surface area contributed by atoms with Gasteiger partial charge in [-0.15, -0.1) is 24.7 Å². The van der Waals surface area contributed by atoms with Crippen molar-refractivity contribution in [1.82, 2.24) is 0 Å². The Balaban J connectivity index is 0. The standard InChI is InChI=1S/C18H38O2Si2.C7H12O/c1-12-13-14-16(20-22(10,11)18(5,6)7)15-19-21(8,9)17(2,3)4;1-3-5-6-7(8)4-2/h1,16H,13-15H2,2-11H3;1,7-8H,4-6H2,2H3/t16-;7-/m10/s1. The van der Waals surface area contributed by atoms with Crippen molar-refractivity contribution in [2.24, 2.45) is 0 Å². The lowest BCUT2D eigenvalue weighted by Gasteiger charge is -2.41. The first-order chi connectivity index (χ1) is 13.4. The van der Waals surface area contributed by atoms with Crippen molar-refractivity contribution in [3.8, 4) is 24.7 Å². The molecule has 0 aliphatic rings. The van der Waals surface area contributed by atoms with Crippen LogP contribution in [0.2, 0.25) is 36.3 Å². The first-order valence-electron chi connectivity index (χ1n) is 11.3. The Hall–Kier alpha value is -0.566. The van der Waals surface area contributed by atoms with Crippen LogP contribution in [0.1, 0.15) is 80.6 Å². The number of aliphatic hydroxyl groups excluding tert-OH is 1. The van der Waals surface area contributed by atoms with E-state index in [1.54, 1.807) is 0 Å². The molecule has 0 bridgehead atoms. The zero-order chi connectivity index (χ0) is 24.2.